The van der Waals surface area contributed by atoms with Gasteiger partial charge in [0.2, 0.25) is 0 Å². The number of nitrogens with zero attached hydrogens (tertiary/aromatic N) is 5. The zero-order valence-corrected chi connectivity index (χ0v) is 14.7. The van der Waals surface area contributed by atoms with Crippen molar-refractivity contribution in [2.24, 2.45) is 0 Å². The zero-order valence-electron chi connectivity index (χ0n) is 14.0. The number of carbonyl (C=O) groups excluding carboxylic acids is 1. The molecular formula is C17H12ClFN6O2. The lowest BCUT2D eigenvalue weighted by atomic mass is 10.3. The van der Waals surface area contributed by atoms with Crippen molar-refractivity contribution in [2.45, 2.75) is 13.5 Å². The van der Waals surface area contributed by atoms with Gasteiger partial charge in [0, 0.05) is 11.2 Å². The van der Waals surface area contributed by atoms with E-state index in [4.69, 9.17) is 16.3 Å². The summed E-state index contributed by atoms with van der Waals surface area (Å²) in [5.74, 6) is -0.822. The number of pyridine rings is 1. The van der Waals surface area contributed by atoms with E-state index >= 15 is 0 Å². The van der Waals surface area contributed by atoms with Gasteiger partial charge in [0.25, 0.3) is 0 Å². The molecule has 0 saturated carbocycles. The molecule has 0 aliphatic rings. The number of hydrogen-bond donors (Lipinski definition) is 1. The Hall–Kier alpha value is -3.33. The summed E-state index contributed by atoms with van der Waals surface area (Å²) >= 11 is 5.76. The number of halogens is 2. The Morgan fingerprint density at radius 2 is 2.22 bits per heavy atom. The van der Waals surface area contributed by atoms with Crippen molar-refractivity contribution in [1.82, 2.24) is 29.9 Å². The van der Waals surface area contributed by atoms with Gasteiger partial charge in [-0.2, -0.15) is 0 Å². The minimum atomic E-state index is -0.693. The summed E-state index contributed by atoms with van der Waals surface area (Å²) < 4.78 is 20.5. The van der Waals surface area contributed by atoms with E-state index in [2.05, 4.69) is 25.3 Å². The van der Waals surface area contributed by atoms with Gasteiger partial charge in [-0.25, -0.2) is 23.8 Å². The molecule has 3 aromatic heterocycles. The molecule has 0 bridgehead atoms. The highest BCUT2D eigenvalue weighted by atomic mass is 35.5. The Balaban J connectivity index is 1.53. The number of esters is 1. The zero-order chi connectivity index (χ0) is 19.0. The Morgan fingerprint density at radius 3 is 3.00 bits per heavy atom. The van der Waals surface area contributed by atoms with Gasteiger partial charge in [-0.05, 0) is 37.3 Å². The van der Waals surface area contributed by atoms with Crippen molar-refractivity contribution >= 4 is 28.7 Å². The molecule has 8 nitrogen and oxygen atoms in total. The van der Waals surface area contributed by atoms with E-state index in [0.717, 1.165) is 11.6 Å². The van der Waals surface area contributed by atoms with Gasteiger partial charge in [-0.1, -0.05) is 16.8 Å². The van der Waals surface area contributed by atoms with Crippen LogP contribution in [0.5, 0.6) is 0 Å². The van der Waals surface area contributed by atoms with Crippen molar-refractivity contribution in [3.63, 3.8) is 0 Å². The maximum atomic E-state index is 14.1. The Labute approximate surface area is 157 Å². The Bertz CT molecular complexity index is 1120. The molecule has 0 radical (unpaired) electrons. The lowest BCUT2D eigenvalue weighted by molar-refractivity contribution is 0.0455. The molecule has 0 aliphatic carbocycles. The maximum absolute atomic E-state index is 14.1. The molecular weight excluding hydrogens is 375 g/mol. The van der Waals surface area contributed by atoms with Crippen LogP contribution in [0, 0.1) is 12.7 Å². The van der Waals surface area contributed by atoms with E-state index in [1.165, 1.54) is 16.8 Å². The fourth-order valence-corrected chi connectivity index (χ4v) is 2.72. The molecule has 0 amide bonds. The van der Waals surface area contributed by atoms with E-state index in [0.29, 0.717) is 17.2 Å². The summed E-state index contributed by atoms with van der Waals surface area (Å²) in [4.78, 5) is 23.7. The summed E-state index contributed by atoms with van der Waals surface area (Å²) in [6.07, 6.45) is 1.62. The fraction of sp³-hybridized carbons (Fsp3) is 0.118. The molecule has 0 spiro atoms. The molecule has 1 aromatic carbocycles. The highest BCUT2D eigenvalue weighted by Crippen LogP contribution is 2.20. The van der Waals surface area contributed by atoms with E-state index < -0.39 is 11.8 Å². The van der Waals surface area contributed by atoms with E-state index in [-0.39, 0.29) is 23.0 Å². The lowest BCUT2D eigenvalue weighted by Crippen LogP contribution is -2.09. The third-order valence-electron chi connectivity index (χ3n) is 3.87. The fourth-order valence-electron chi connectivity index (χ4n) is 2.57. The highest BCUT2D eigenvalue weighted by molar-refractivity contribution is 6.30. The van der Waals surface area contributed by atoms with Crippen molar-refractivity contribution < 1.29 is 13.9 Å². The average Bonchev–Trinajstić information content (AvgIpc) is 3.23. The molecule has 0 unspecified atom stereocenters. The van der Waals surface area contributed by atoms with Crippen LogP contribution >= 0.6 is 11.6 Å². The van der Waals surface area contributed by atoms with Gasteiger partial charge in [0.15, 0.2) is 11.3 Å². The highest BCUT2D eigenvalue weighted by Gasteiger charge is 2.21. The molecule has 0 aliphatic heterocycles. The monoisotopic (exact) mass is 386 g/mol. The third-order valence-corrected chi connectivity index (χ3v) is 4.11. The van der Waals surface area contributed by atoms with Gasteiger partial charge < -0.3 is 9.72 Å². The van der Waals surface area contributed by atoms with Gasteiger partial charge in [0.1, 0.15) is 23.9 Å². The summed E-state index contributed by atoms with van der Waals surface area (Å²) in [7, 11) is 0. The van der Waals surface area contributed by atoms with Crippen LogP contribution in [0.3, 0.4) is 0 Å². The van der Waals surface area contributed by atoms with Gasteiger partial charge in [-0.3, -0.25) is 0 Å². The molecule has 0 atom stereocenters. The number of nitrogens with one attached hydrogen (secondary N) is 1. The van der Waals surface area contributed by atoms with Gasteiger partial charge >= 0.3 is 5.97 Å². The summed E-state index contributed by atoms with van der Waals surface area (Å²) in [5, 5.41) is 7.90. The van der Waals surface area contributed by atoms with Crippen molar-refractivity contribution in [2.75, 3.05) is 0 Å². The lowest BCUT2D eigenvalue weighted by Gasteiger charge is -2.05. The molecule has 4 rings (SSSR count). The number of H-pyrrole nitrogens is 1. The van der Waals surface area contributed by atoms with Crippen LogP contribution in [-0.2, 0) is 11.3 Å². The quantitative estimate of drug-likeness (QED) is 0.541. The predicted molar refractivity (Wildman–Crippen MR) is 94.1 cm³/mol. The Kier molecular flexibility index (Phi) is 4.28. The number of ether oxygens (including phenoxy) is 1. The topological polar surface area (TPSA) is 98.6 Å². The molecule has 10 heteroatoms. The number of rotatable bonds is 4. The number of carbonyl (C=O) groups is 1. The molecule has 136 valence electrons. The van der Waals surface area contributed by atoms with Crippen LogP contribution in [0.1, 0.15) is 22.0 Å². The van der Waals surface area contributed by atoms with Crippen LogP contribution in [0.4, 0.5) is 4.39 Å². The first-order valence-electron chi connectivity index (χ1n) is 7.87. The molecule has 0 fully saturated rings. The van der Waals surface area contributed by atoms with Gasteiger partial charge in [-0.15, -0.1) is 5.10 Å². The second-order valence-corrected chi connectivity index (χ2v) is 6.10. The summed E-state index contributed by atoms with van der Waals surface area (Å²) in [6, 6.07) is 7.72. The van der Waals surface area contributed by atoms with Crippen LogP contribution in [0.25, 0.3) is 16.9 Å². The molecule has 1 N–H and O–H groups in total. The number of benzene rings is 1. The van der Waals surface area contributed by atoms with E-state index in [1.54, 1.807) is 19.2 Å². The van der Waals surface area contributed by atoms with Crippen LogP contribution < -0.4 is 0 Å². The van der Waals surface area contributed by atoms with Crippen molar-refractivity contribution in [3.8, 4) is 5.69 Å². The second-order valence-electron chi connectivity index (χ2n) is 5.67. The first-order valence-corrected chi connectivity index (χ1v) is 8.25. The number of fused-ring (bicyclic) bond motifs is 1. The largest absolute Gasteiger partial charge is 0.453 e. The number of aromatic nitrogens is 6. The average molecular weight is 387 g/mol. The SMILES string of the molecule is Cc1c(C(=O)OCc2nc3ncccc3[nH]2)nnn1-c1ccc(Cl)cc1F. The van der Waals surface area contributed by atoms with Crippen LogP contribution in [0.15, 0.2) is 36.5 Å². The molecule has 3 heterocycles. The minimum Gasteiger partial charge on any atom is -0.453 e. The Morgan fingerprint density at radius 1 is 1.37 bits per heavy atom. The molecule has 27 heavy (non-hydrogen) atoms. The third kappa shape index (κ3) is 3.24. The smallest absolute Gasteiger partial charge is 0.361 e. The van der Waals surface area contributed by atoms with Crippen molar-refractivity contribution in [3.05, 3.63) is 64.6 Å². The maximum Gasteiger partial charge on any atom is 0.361 e. The number of hydrogen-bond acceptors (Lipinski definition) is 6. The normalized spacial score (nSPS) is 11.1. The standard InChI is InChI=1S/C17H12ClFN6O2/c1-9-15(23-24-25(9)13-5-4-10(18)7-11(13)19)17(26)27-8-14-21-12-3-2-6-20-16(12)22-14/h2-7H,8H2,1H3,(H,20,21,22). The van der Waals surface area contributed by atoms with Crippen molar-refractivity contribution in [1.29, 1.82) is 0 Å². The number of imidazole rings is 1. The van der Waals surface area contributed by atoms with E-state index in [1.807, 2.05) is 6.07 Å². The first-order chi connectivity index (χ1) is 13.0. The molecule has 4 aromatic rings. The first kappa shape index (κ1) is 17.1. The van der Waals surface area contributed by atoms with E-state index in [9.17, 15) is 9.18 Å². The van der Waals surface area contributed by atoms with Crippen LogP contribution in [-0.4, -0.2) is 35.9 Å². The van der Waals surface area contributed by atoms with Gasteiger partial charge in [0.05, 0.1) is 11.2 Å². The predicted octanol–water partition coefficient (Wildman–Crippen LogP) is 3.00. The minimum absolute atomic E-state index is 0.0152. The number of aromatic amines is 1. The van der Waals surface area contributed by atoms with Crippen LogP contribution in [0.2, 0.25) is 5.02 Å². The summed E-state index contributed by atoms with van der Waals surface area (Å²) in [5.41, 5.74) is 1.73. The second kappa shape index (κ2) is 6.76. The molecule has 0 saturated heterocycles. The summed E-state index contributed by atoms with van der Waals surface area (Å²) in [6.45, 7) is 1.51.